The Morgan fingerprint density at radius 3 is 2.78 bits per heavy atom. The number of urea groups is 1. The summed E-state index contributed by atoms with van der Waals surface area (Å²) in [5.41, 5.74) is 0.813. The summed E-state index contributed by atoms with van der Waals surface area (Å²) >= 11 is 2.63. The lowest BCUT2D eigenvalue weighted by atomic mass is 9.84. The second-order valence-corrected chi connectivity index (χ2v) is 11.1. The van der Waals surface area contributed by atoms with Crippen molar-refractivity contribution in [2.75, 3.05) is 5.75 Å². The van der Waals surface area contributed by atoms with Crippen LogP contribution in [-0.2, 0) is 11.3 Å². The van der Waals surface area contributed by atoms with Crippen LogP contribution in [0.5, 0.6) is 0 Å². The SMILES string of the molecule is C=CCn1c(SCC(=O)NC(=O)N[C@@H](C)[C@@H]2C[C@@H]3CC[C@@H]2C3)nc2sc(C)c(C)c2c1=O. The Balaban J connectivity index is 1.38. The Kier molecular flexibility index (Phi) is 6.76. The summed E-state index contributed by atoms with van der Waals surface area (Å²) in [5.74, 6) is 1.60. The summed E-state index contributed by atoms with van der Waals surface area (Å²) in [6, 6.07) is -0.403. The zero-order valence-electron chi connectivity index (χ0n) is 18.8. The normalized spacial score (nSPS) is 22.8. The molecule has 2 aliphatic rings. The molecule has 0 aliphatic heterocycles. The van der Waals surface area contributed by atoms with Crippen molar-refractivity contribution >= 4 is 45.3 Å². The first-order valence-corrected chi connectivity index (χ1v) is 12.9. The van der Waals surface area contributed by atoms with E-state index >= 15 is 0 Å². The molecule has 2 aliphatic carbocycles. The summed E-state index contributed by atoms with van der Waals surface area (Å²) in [7, 11) is 0. The number of thioether (sulfide) groups is 1. The lowest BCUT2D eigenvalue weighted by Gasteiger charge is -2.28. The van der Waals surface area contributed by atoms with Gasteiger partial charge in [0.05, 0.1) is 11.1 Å². The molecule has 4 atom stereocenters. The van der Waals surface area contributed by atoms with Crippen LogP contribution in [0.4, 0.5) is 4.79 Å². The van der Waals surface area contributed by atoms with Crippen LogP contribution in [0.2, 0.25) is 0 Å². The van der Waals surface area contributed by atoms with E-state index in [-0.39, 0.29) is 17.4 Å². The van der Waals surface area contributed by atoms with Crippen molar-refractivity contribution < 1.29 is 9.59 Å². The maximum absolute atomic E-state index is 13.0. The van der Waals surface area contributed by atoms with Crippen LogP contribution in [0.1, 0.15) is 43.0 Å². The Morgan fingerprint density at radius 1 is 1.34 bits per heavy atom. The van der Waals surface area contributed by atoms with E-state index in [0.717, 1.165) is 28.1 Å². The Labute approximate surface area is 196 Å². The van der Waals surface area contributed by atoms with Gasteiger partial charge in [-0.15, -0.1) is 17.9 Å². The Morgan fingerprint density at radius 2 is 2.12 bits per heavy atom. The smallest absolute Gasteiger partial charge is 0.321 e. The van der Waals surface area contributed by atoms with E-state index in [0.29, 0.717) is 33.8 Å². The molecule has 2 saturated carbocycles. The summed E-state index contributed by atoms with van der Waals surface area (Å²) in [4.78, 5) is 44.1. The molecule has 7 nitrogen and oxygen atoms in total. The zero-order valence-corrected chi connectivity index (χ0v) is 20.4. The van der Waals surface area contributed by atoms with Crippen LogP contribution in [0.15, 0.2) is 22.6 Å². The predicted octanol–water partition coefficient (Wildman–Crippen LogP) is 4.00. The first kappa shape index (κ1) is 23.0. The predicted molar refractivity (Wildman–Crippen MR) is 129 cm³/mol. The molecule has 2 N–H and O–H groups in total. The van der Waals surface area contributed by atoms with Crippen molar-refractivity contribution in [1.29, 1.82) is 0 Å². The number of rotatable bonds is 7. The van der Waals surface area contributed by atoms with Gasteiger partial charge in [-0.05, 0) is 63.4 Å². The van der Waals surface area contributed by atoms with Gasteiger partial charge in [0.15, 0.2) is 5.16 Å². The van der Waals surface area contributed by atoms with Crippen LogP contribution in [0.25, 0.3) is 10.2 Å². The number of aromatic nitrogens is 2. The number of carbonyl (C=O) groups is 2. The minimum Gasteiger partial charge on any atom is -0.335 e. The van der Waals surface area contributed by atoms with Crippen LogP contribution in [-0.4, -0.2) is 33.3 Å². The standard InChI is InChI=1S/C23H30N4O3S2/c1-5-8-27-21(29)19-12(2)14(4)32-20(19)26-23(27)31-11-18(28)25-22(30)24-13(3)17-10-15-6-7-16(17)9-15/h5,13,15-17H,1,6-11H2,2-4H3,(H2,24,25,28,30)/t13-,15+,16+,17-/m0/s1. The number of hydrogen-bond donors (Lipinski definition) is 2. The molecule has 2 bridgehead atoms. The summed E-state index contributed by atoms with van der Waals surface area (Å²) in [6.07, 6.45) is 6.66. The number of aryl methyl sites for hydroxylation is 2. The Bertz CT molecular complexity index is 1120. The summed E-state index contributed by atoms with van der Waals surface area (Å²) in [6.45, 7) is 9.96. The van der Waals surface area contributed by atoms with E-state index in [1.54, 1.807) is 6.08 Å². The fraction of sp³-hybridized carbons (Fsp3) is 0.565. The first-order chi connectivity index (χ1) is 15.3. The van der Waals surface area contributed by atoms with Crippen molar-refractivity contribution in [2.45, 2.75) is 64.2 Å². The molecular weight excluding hydrogens is 444 g/mol. The minimum atomic E-state index is -0.456. The number of carbonyl (C=O) groups excluding carboxylic acids is 2. The van der Waals surface area contributed by atoms with Crippen molar-refractivity contribution in [3.63, 3.8) is 0 Å². The summed E-state index contributed by atoms with van der Waals surface area (Å²) < 4.78 is 1.53. The van der Waals surface area contributed by atoms with Gasteiger partial charge in [-0.25, -0.2) is 9.78 Å². The number of nitrogens with zero attached hydrogens (tertiary/aromatic N) is 2. The molecule has 172 valence electrons. The number of fused-ring (bicyclic) bond motifs is 3. The van der Waals surface area contributed by atoms with Gasteiger partial charge in [0.25, 0.3) is 5.56 Å². The Hall–Kier alpha value is -2.13. The minimum absolute atomic E-state index is 0.00560. The molecule has 3 amide bonds. The van der Waals surface area contributed by atoms with Gasteiger partial charge in [-0.1, -0.05) is 24.3 Å². The van der Waals surface area contributed by atoms with Crippen LogP contribution in [0.3, 0.4) is 0 Å². The number of imide groups is 1. The monoisotopic (exact) mass is 474 g/mol. The second kappa shape index (κ2) is 9.39. The number of allylic oxidation sites excluding steroid dienone is 1. The molecular formula is C23H30N4O3S2. The van der Waals surface area contributed by atoms with Gasteiger partial charge in [-0.2, -0.15) is 0 Å². The molecule has 9 heteroatoms. The van der Waals surface area contributed by atoms with Crippen LogP contribution >= 0.6 is 23.1 Å². The topological polar surface area (TPSA) is 93.1 Å². The molecule has 0 saturated heterocycles. The second-order valence-electron chi connectivity index (χ2n) is 9.00. The van der Waals surface area contributed by atoms with E-state index in [4.69, 9.17) is 0 Å². The molecule has 0 aromatic carbocycles. The average molecular weight is 475 g/mol. The number of nitrogens with one attached hydrogen (secondary N) is 2. The van der Waals surface area contributed by atoms with E-state index in [1.807, 2.05) is 20.8 Å². The third-order valence-corrected chi connectivity index (χ3v) is 9.02. The molecule has 2 fully saturated rings. The highest BCUT2D eigenvalue weighted by Crippen LogP contribution is 2.49. The molecule has 0 radical (unpaired) electrons. The van der Waals surface area contributed by atoms with Crippen molar-refractivity contribution in [3.8, 4) is 0 Å². The molecule has 0 spiro atoms. The molecule has 2 aromatic rings. The molecule has 2 aromatic heterocycles. The highest BCUT2D eigenvalue weighted by Gasteiger charge is 2.42. The van der Waals surface area contributed by atoms with Gasteiger partial charge < -0.3 is 5.32 Å². The molecule has 4 rings (SSSR count). The number of hydrogen-bond acceptors (Lipinski definition) is 6. The molecule has 2 heterocycles. The highest BCUT2D eigenvalue weighted by molar-refractivity contribution is 7.99. The quantitative estimate of drug-likeness (QED) is 0.359. The zero-order chi connectivity index (χ0) is 23.0. The lowest BCUT2D eigenvalue weighted by molar-refractivity contribution is -0.117. The van der Waals surface area contributed by atoms with Gasteiger partial charge >= 0.3 is 6.03 Å². The van der Waals surface area contributed by atoms with E-state index in [2.05, 4.69) is 22.2 Å². The van der Waals surface area contributed by atoms with Crippen molar-refractivity contribution in [3.05, 3.63) is 33.4 Å². The van der Waals surface area contributed by atoms with Crippen molar-refractivity contribution in [1.82, 2.24) is 20.2 Å². The fourth-order valence-corrected chi connectivity index (χ4v) is 7.14. The summed E-state index contributed by atoms with van der Waals surface area (Å²) in [5, 5.41) is 6.45. The van der Waals surface area contributed by atoms with Gasteiger partial charge in [0.1, 0.15) is 4.83 Å². The van der Waals surface area contributed by atoms with Gasteiger partial charge in [0, 0.05) is 17.5 Å². The van der Waals surface area contributed by atoms with Gasteiger partial charge in [-0.3, -0.25) is 19.5 Å². The van der Waals surface area contributed by atoms with Crippen molar-refractivity contribution in [2.24, 2.45) is 17.8 Å². The third kappa shape index (κ3) is 4.50. The first-order valence-electron chi connectivity index (χ1n) is 11.1. The third-order valence-electron chi connectivity index (χ3n) is 6.94. The van der Waals surface area contributed by atoms with E-state index in [1.165, 1.54) is 41.6 Å². The molecule has 0 unspecified atom stereocenters. The maximum Gasteiger partial charge on any atom is 0.321 e. The fourth-order valence-electron chi connectivity index (χ4n) is 5.26. The largest absolute Gasteiger partial charge is 0.335 e. The van der Waals surface area contributed by atoms with E-state index in [9.17, 15) is 14.4 Å². The van der Waals surface area contributed by atoms with E-state index < -0.39 is 11.9 Å². The maximum atomic E-state index is 13.0. The highest BCUT2D eigenvalue weighted by atomic mass is 32.2. The molecule has 32 heavy (non-hydrogen) atoms. The van der Waals surface area contributed by atoms with Crippen LogP contribution < -0.4 is 16.2 Å². The number of amides is 3. The van der Waals surface area contributed by atoms with Gasteiger partial charge in [0.2, 0.25) is 5.91 Å². The van der Waals surface area contributed by atoms with Crippen LogP contribution in [0, 0.1) is 31.6 Å². The average Bonchev–Trinajstić information content (AvgIpc) is 3.44. The number of thiophene rings is 1. The lowest BCUT2D eigenvalue weighted by Crippen LogP contribution is -2.47.